The Morgan fingerprint density at radius 3 is 2.00 bits per heavy atom. The fraction of sp³-hybridized carbons (Fsp3) is 0.571. The van der Waals surface area contributed by atoms with Crippen molar-refractivity contribution in [2.24, 2.45) is 23.5 Å². The Morgan fingerprint density at radius 2 is 1.47 bits per heavy atom. The summed E-state index contributed by atoms with van der Waals surface area (Å²) >= 11 is 0. The van der Waals surface area contributed by atoms with Gasteiger partial charge in [-0.1, -0.05) is 30.3 Å². The lowest BCUT2D eigenvalue weighted by molar-refractivity contribution is -0.00613. The molecular formula is C28H37NO3. The molecule has 0 amide bonds. The van der Waals surface area contributed by atoms with E-state index in [1.807, 2.05) is 7.11 Å². The molecule has 32 heavy (non-hydrogen) atoms. The number of aryl methyl sites for hydroxylation is 1. The van der Waals surface area contributed by atoms with Gasteiger partial charge >= 0.3 is 0 Å². The van der Waals surface area contributed by atoms with E-state index >= 15 is 0 Å². The second-order valence-electron chi connectivity index (χ2n) is 11.0. The molecule has 0 atom stereocenters. The molecule has 0 unspecified atom stereocenters. The van der Waals surface area contributed by atoms with Gasteiger partial charge in [-0.15, -0.1) is 0 Å². The average molecular weight is 436 g/mol. The number of hydrogen-bond acceptors (Lipinski definition) is 4. The van der Waals surface area contributed by atoms with Crippen molar-refractivity contribution in [2.45, 2.75) is 62.3 Å². The number of rotatable bonds is 8. The van der Waals surface area contributed by atoms with Gasteiger partial charge in [0.05, 0.1) is 25.9 Å². The van der Waals surface area contributed by atoms with Gasteiger partial charge in [0.15, 0.2) is 0 Å². The van der Waals surface area contributed by atoms with Gasteiger partial charge in [-0.2, -0.15) is 0 Å². The van der Waals surface area contributed by atoms with E-state index in [2.05, 4.69) is 42.5 Å². The first-order valence-electron chi connectivity index (χ1n) is 12.2. The Balaban J connectivity index is 1.40. The molecule has 0 radical (unpaired) electrons. The van der Waals surface area contributed by atoms with Gasteiger partial charge in [0.1, 0.15) is 5.75 Å². The third-order valence-corrected chi connectivity index (χ3v) is 8.64. The van der Waals surface area contributed by atoms with Crippen LogP contribution in [0.25, 0.3) is 11.1 Å². The number of benzene rings is 2. The second-order valence-corrected chi connectivity index (χ2v) is 11.0. The lowest BCUT2D eigenvalue weighted by atomic mass is 9.48. The van der Waals surface area contributed by atoms with Crippen LogP contribution in [0.3, 0.4) is 0 Å². The van der Waals surface area contributed by atoms with Crippen molar-refractivity contribution in [3.63, 3.8) is 0 Å². The SMILES string of the molecule is COc1ccc(-c2ccc(CCC(N)(CO)CO)cc2)cc1C12CC3CC(CC(C3)C1)C2. The van der Waals surface area contributed by atoms with Crippen LogP contribution < -0.4 is 10.5 Å². The van der Waals surface area contributed by atoms with Crippen LogP contribution in [0.15, 0.2) is 42.5 Å². The molecule has 4 fully saturated rings. The normalized spacial score (nSPS) is 28.8. The van der Waals surface area contributed by atoms with E-state index in [9.17, 15) is 10.2 Å². The van der Waals surface area contributed by atoms with Crippen LogP contribution >= 0.6 is 0 Å². The van der Waals surface area contributed by atoms with Crippen LogP contribution in [0.1, 0.15) is 56.1 Å². The minimum Gasteiger partial charge on any atom is -0.496 e. The Morgan fingerprint density at radius 1 is 0.906 bits per heavy atom. The van der Waals surface area contributed by atoms with Crippen molar-refractivity contribution in [3.8, 4) is 16.9 Å². The molecule has 4 aliphatic rings. The molecule has 4 bridgehead atoms. The van der Waals surface area contributed by atoms with Crippen molar-refractivity contribution in [1.29, 1.82) is 0 Å². The zero-order valence-electron chi connectivity index (χ0n) is 19.2. The molecule has 4 saturated carbocycles. The van der Waals surface area contributed by atoms with Gasteiger partial charge in [0.2, 0.25) is 0 Å². The molecule has 4 nitrogen and oxygen atoms in total. The van der Waals surface area contributed by atoms with Crippen LogP contribution in [-0.2, 0) is 11.8 Å². The van der Waals surface area contributed by atoms with Gasteiger partial charge in [-0.3, -0.25) is 0 Å². The largest absolute Gasteiger partial charge is 0.496 e. The Labute approximate surface area is 191 Å². The fourth-order valence-electron chi connectivity index (χ4n) is 7.21. The van der Waals surface area contributed by atoms with E-state index in [1.165, 1.54) is 60.8 Å². The molecule has 6 rings (SSSR count). The molecule has 0 aromatic heterocycles. The van der Waals surface area contributed by atoms with Crippen LogP contribution in [-0.4, -0.2) is 36.1 Å². The van der Waals surface area contributed by atoms with Gasteiger partial charge in [0.25, 0.3) is 0 Å². The third-order valence-electron chi connectivity index (χ3n) is 8.64. The van der Waals surface area contributed by atoms with Crippen LogP contribution in [0.4, 0.5) is 0 Å². The first-order valence-corrected chi connectivity index (χ1v) is 12.2. The summed E-state index contributed by atoms with van der Waals surface area (Å²) in [5.74, 6) is 3.77. The summed E-state index contributed by atoms with van der Waals surface area (Å²) in [6, 6.07) is 15.4. The molecule has 172 valence electrons. The summed E-state index contributed by atoms with van der Waals surface area (Å²) < 4.78 is 5.88. The lowest BCUT2D eigenvalue weighted by Gasteiger charge is -2.57. The number of aliphatic hydroxyl groups excluding tert-OH is 2. The summed E-state index contributed by atoms with van der Waals surface area (Å²) in [6.07, 6.45) is 9.60. The molecule has 0 spiro atoms. The number of ether oxygens (including phenoxy) is 1. The van der Waals surface area contributed by atoms with Crippen molar-refractivity contribution in [1.82, 2.24) is 0 Å². The van der Waals surface area contributed by atoms with Gasteiger partial charge in [0, 0.05) is 5.56 Å². The van der Waals surface area contributed by atoms with E-state index in [0.717, 1.165) is 29.9 Å². The van der Waals surface area contributed by atoms with Crippen molar-refractivity contribution in [2.75, 3.05) is 20.3 Å². The number of nitrogens with two attached hydrogens (primary N) is 1. The Bertz CT molecular complexity index is 912. The smallest absolute Gasteiger partial charge is 0.122 e. The topological polar surface area (TPSA) is 75.7 Å². The van der Waals surface area contributed by atoms with E-state index < -0.39 is 5.54 Å². The highest BCUT2D eigenvalue weighted by Crippen LogP contribution is 2.62. The first-order chi connectivity index (χ1) is 15.5. The first kappa shape index (κ1) is 21.9. The molecule has 2 aromatic rings. The third kappa shape index (κ3) is 3.98. The molecule has 0 heterocycles. The summed E-state index contributed by atoms with van der Waals surface area (Å²) in [4.78, 5) is 0. The highest BCUT2D eigenvalue weighted by atomic mass is 16.5. The fourth-order valence-corrected chi connectivity index (χ4v) is 7.21. The maximum Gasteiger partial charge on any atom is 0.122 e. The molecule has 4 heteroatoms. The molecular weight excluding hydrogens is 398 g/mol. The van der Waals surface area contributed by atoms with Crippen LogP contribution in [0, 0.1) is 17.8 Å². The van der Waals surface area contributed by atoms with Crippen molar-refractivity contribution < 1.29 is 14.9 Å². The molecule has 4 aliphatic carbocycles. The van der Waals surface area contributed by atoms with Gasteiger partial charge < -0.3 is 20.7 Å². The maximum absolute atomic E-state index is 9.42. The zero-order chi connectivity index (χ0) is 22.3. The summed E-state index contributed by atoms with van der Waals surface area (Å²) in [7, 11) is 1.81. The van der Waals surface area contributed by atoms with Gasteiger partial charge in [-0.25, -0.2) is 0 Å². The Hall–Kier alpha value is -1.88. The van der Waals surface area contributed by atoms with E-state index in [0.29, 0.717) is 11.8 Å². The average Bonchev–Trinajstić information content (AvgIpc) is 2.81. The summed E-state index contributed by atoms with van der Waals surface area (Å²) in [5, 5.41) is 18.8. The van der Waals surface area contributed by atoms with E-state index in [1.54, 1.807) is 0 Å². The Kier molecular flexibility index (Phi) is 5.81. The second kappa shape index (κ2) is 8.48. The molecule has 4 N–H and O–H groups in total. The predicted molar refractivity (Wildman–Crippen MR) is 128 cm³/mol. The van der Waals surface area contributed by atoms with Crippen molar-refractivity contribution in [3.05, 3.63) is 53.6 Å². The van der Waals surface area contributed by atoms with E-state index in [4.69, 9.17) is 10.5 Å². The predicted octanol–water partition coefficient (Wildman–Crippen LogP) is 4.44. The maximum atomic E-state index is 9.42. The quantitative estimate of drug-likeness (QED) is 0.573. The van der Waals surface area contributed by atoms with E-state index in [-0.39, 0.29) is 13.2 Å². The minimum absolute atomic E-state index is 0.208. The monoisotopic (exact) mass is 435 g/mol. The molecule has 0 aliphatic heterocycles. The highest BCUT2D eigenvalue weighted by Gasteiger charge is 2.52. The lowest BCUT2D eigenvalue weighted by Crippen LogP contribution is -2.48. The zero-order valence-corrected chi connectivity index (χ0v) is 19.2. The minimum atomic E-state index is -0.915. The standard InChI is InChI=1S/C28H37NO3/c1-32-26-7-6-24(23-4-2-19(3-5-23)8-9-28(29,17-30)18-31)13-25(26)27-14-20-10-21(15-27)12-22(11-20)16-27/h2-7,13,20-22,30-31H,8-12,14-18,29H2,1H3. The molecule has 0 saturated heterocycles. The van der Waals surface area contributed by atoms with Crippen LogP contribution in [0.2, 0.25) is 0 Å². The van der Waals surface area contributed by atoms with Gasteiger partial charge in [-0.05, 0) is 103 Å². The summed E-state index contributed by atoms with van der Waals surface area (Å²) in [5.41, 5.74) is 10.5. The molecule has 2 aromatic carbocycles. The number of methoxy groups -OCH3 is 1. The van der Waals surface area contributed by atoms with Crippen LogP contribution in [0.5, 0.6) is 5.75 Å². The number of aliphatic hydroxyl groups is 2. The highest BCUT2D eigenvalue weighted by molar-refractivity contribution is 5.67. The number of hydrogen-bond donors (Lipinski definition) is 3. The summed E-state index contributed by atoms with van der Waals surface area (Å²) in [6.45, 7) is -0.416. The van der Waals surface area contributed by atoms with Crippen molar-refractivity contribution >= 4 is 0 Å².